The topological polar surface area (TPSA) is 429 Å². The number of benzene rings is 1. The van der Waals surface area contributed by atoms with Gasteiger partial charge < -0.3 is 93.3 Å². The van der Waals surface area contributed by atoms with Crippen LogP contribution in [0, 0.1) is 0 Å². The van der Waals surface area contributed by atoms with E-state index >= 15 is 0 Å². The first kappa shape index (κ1) is 98.4. The Labute approximate surface area is 592 Å². The van der Waals surface area contributed by atoms with Crippen molar-refractivity contribution in [2.75, 3.05) is 214 Å². The highest BCUT2D eigenvalue weighted by Gasteiger charge is 2.37. The Bertz CT molecular complexity index is 2160. The van der Waals surface area contributed by atoms with Crippen molar-refractivity contribution in [1.82, 2.24) is 26.2 Å². The number of carbonyl (C=O) groups is 10. The summed E-state index contributed by atoms with van der Waals surface area (Å²) in [5.41, 5.74) is 3.75. The fraction of sp³-hybridized carbons (Fsp3) is 0.765. The normalized spacial score (nSPS) is 11.7. The molecule has 10 N–H and O–H groups in total. The van der Waals surface area contributed by atoms with Crippen molar-refractivity contribution in [3.8, 4) is 0 Å². The number of amides is 6. The predicted octanol–water partition coefficient (Wildman–Crippen LogP) is 1.79. The third-order valence-electron chi connectivity index (χ3n) is 14.1. The van der Waals surface area contributed by atoms with E-state index in [9.17, 15) is 47.9 Å². The summed E-state index contributed by atoms with van der Waals surface area (Å²) in [5, 5.41) is 11.3. The zero-order valence-electron chi connectivity index (χ0n) is 59.0. The number of hydrogen-bond donors (Lipinski definition) is 7. The highest BCUT2D eigenvalue weighted by molar-refractivity contribution is 6.21. The molecule has 1 aliphatic heterocycles. The second kappa shape index (κ2) is 66.5. The zero-order valence-corrected chi connectivity index (χ0v) is 59.0. The molecule has 580 valence electrons. The van der Waals surface area contributed by atoms with Crippen LogP contribution in [0.1, 0.15) is 138 Å². The Kier molecular flexibility index (Phi) is 65.4. The number of nitrogens with zero attached hydrogens (tertiary/aromatic N) is 1. The van der Waals surface area contributed by atoms with Crippen molar-refractivity contribution in [3.05, 3.63) is 35.4 Å². The number of methoxy groups -OCH3 is 6. The van der Waals surface area contributed by atoms with Crippen molar-refractivity contribution < 1.29 is 114 Å². The van der Waals surface area contributed by atoms with Crippen molar-refractivity contribution in [2.45, 2.75) is 129 Å². The largest absolute Gasteiger partial charge is 0.385 e. The smallest absolute Gasteiger partial charge is 0.261 e. The molecular formula is C68H124N8O24. The molecule has 1 aliphatic rings. The van der Waals surface area contributed by atoms with E-state index in [0.29, 0.717) is 128 Å². The second-order valence-electron chi connectivity index (χ2n) is 22.5. The molecule has 32 heteroatoms. The first-order chi connectivity index (χ1) is 47.5. The van der Waals surface area contributed by atoms with Gasteiger partial charge in [-0.2, -0.15) is 0 Å². The number of ether oxygens (including phenoxy) is 14. The Morgan fingerprint density at radius 1 is 0.360 bits per heavy atom. The van der Waals surface area contributed by atoms with Crippen LogP contribution in [0.5, 0.6) is 0 Å². The quantitative estimate of drug-likeness (QED) is 0.0211. The molecule has 100 heavy (non-hydrogen) atoms. The minimum Gasteiger partial charge on any atom is -0.385 e. The number of imide groups is 1. The molecular weight excluding hydrogens is 1310 g/mol. The Balaban J connectivity index is -0.00000184. The first-order valence-corrected chi connectivity index (χ1v) is 33.2. The number of carbonyl (C=O) groups excluding carboxylic acids is 10. The lowest BCUT2D eigenvalue weighted by molar-refractivity contribution is -0.131. The van der Waals surface area contributed by atoms with Crippen LogP contribution in [0.3, 0.4) is 0 Å². The number of nitrogens with one attached hydrogen (secondary N) is 4. The van der Waals surface area contributed by atoms with Gasteiger partial charge in [0.25, 0.3) is 11.8 Å². The molecule has 0 fully saturated rings. The first-order valence-electron chi connectivity index (χ1n) is 33.2. The molecule has 0 saturated heterocycles. The molecule has 0 unspecified atom stereocenters. The van der Waals surface area contributed by atoms with E-state index in [-0.39, 0.29) is 213 Å². The number of fused-ring (bicyclic) bond motifs is 1. The average Bonchev–Trinajstić information content (AvgIpc) is 1.64. The van der Waals surface area contributed by atoms with Gasteiger partial charge in [-0.25, -0.2) is 0 Å². The van der Waals surface area contributed by atoms with Crippen LogP contribution in [-0.2, 0) is 105 Å². The van der Waals surface area contributed by atoms with E-state index in [1.165, 1.54) is 7.11 Å². The van der Waals surface area contributed by atoms with E-state index < -0.39 is 28.8 Å². The highest BCUT2D eigenvalue weighted by atomic mass is 16.5. The summed E-state index contributed by atoms with van der Waals surface area (Å²) in [4.78, 5) is 126. The molecule has 1 heterocycles. The van der Waals surface area contributed by atoms with E-state index in [1.807, 2.05) is 0 Å². The van der Waals surface area contributed by atoms with Gasteiger partial charge in [0.2, 0.25) is 23.6 Å². The van der Waals surface area contributed by atoms with E-state index in [2.05, 4.69) is 33.0 Å². The Hall–Kier alpha value is -5.76. The van der Waals surface area contributed by atoms with Crippen molar-refractivity contribution in [2.24, 2.45) is 17.4 Å². The van der Waals surface area contributed by atoms with E-state index in [1.54, 1.807) is 59.8 Å². The number of hydrogen-bond acceptors (Lipinski definition) is 27. The summed E-state index contributed by atoms with van der Waals surface area (Å²) in [6.07, 6.45) is 4.82. The third-order valence-corrected chi connectivity index (χ3v) is 14.1. The number of hydrazine groups is 1. The summed E-state index contributed by atoms with van der Waals surface area (Å²) in [6.45, 7) is 4.59. The summed E-state index contributed by atoms with van der Waals surface area (Å²) in [6, 6.07) is 6.59. The van der Waals surface area contributed by atoms with Crippen LogP contribution in [-0.4, -0.2) is 289 Å². The lowest BCUT2D eigenvalue weighted by Crippen LogP contribution is -2.59. The predicted molar refractivity (Wildman–Crippen MR) is 372 cm³/mol. The standard InChI is InChI=1S/C37H57N3O13.C29H55N3O11.2CH4.H4N2/c1-47-18-6-8-29(41)12-20-51-26-37(27-52-21-13-30(42)9-7-19-48-2,28-53-23-14-33(43)38-16-24-49-3)39-34(44)15-22-50-25-17-40-35(45)31-10-4-5-11-32(31)36(40)46;1-37-14-4-6-25(33)8-16-41-22-29(32-28(36)11-18-40-20-12-30,23-42-17-9-26(34)7-5-15-38-2)24-43-19-10-27(35)31-13-21-39-3;;;1-2/h4-5,10-11H,6-9,12-28H2,1-3H3,(H,38,43)(H,39,44);4-24,30H2,1-3H3,(H,31,35)(H,32,36);2*1H4;1-2H2. The van der Waals surface area contributed by atoms with Gasteiger partial charge in [-0.15, -0.1) is 0 Å². The number of ketones is 4. The fourth-order valence-corrected chi connectivity index (χ4v) is 8.99. The zero-order chi connectivity index (χ0) is 72.8. The Morgan fingerprint density at radius 2 is 0.630 bits per heavy atom. The maximum absolute atomic E-state index is 13.3. The maximum Gasteiger partial charge on any atom is 0.261 e. The third kappa shape index (κ3) is 50.6. The van der Waals surface area contributed by atoms with Gasteiger partial charge in [-0.3, -0.25) is 64.5 Å². The van der Waals surface area contributed by atoms with E-state index in [0.717, 1.165) is 4.90 Å². The number of rotatable bonds is 65. The summed E-state index contributed by atoms with van der Waals surface area (Å²) < 4.78 is 76.1. The number of nitrogens with two attached hydrogens (primary N) is 3. The lowest BCUT2D eigenvalue weighted by atomic mass is 10.0. The van der Waals surface area contributed by atoms with Crippen LogP contribution >= 0.6 is 0 Å². The van der Waals surface area contributed by atoms with Gasteiger partial charge in [-0.1, -0.05) is 27.0 Å². The molecule has 0 aliphatic carbocycles. The lowest BCUT2D eigenvalue weighted by Gasteiger charge is -2.34. The molecule has 0 spiro atoms. The van der Waals surface area contributed by atoms with Gasteiger partial charge in [0, 0.05) is 166 Å². The maximum atomic E-state index is 13.3. The van der Waals surface area contributed by atoms with Gasteiger partial charge in [0.1, 0.15) is 34.2 Å². The second-order valence-corrected chi connectivity index (χ2v) is 22.5. The highest BCUT2D eigenvalue weighted by Crippen LogP contribution is 2.22. The molecule has 1 aromatic rings. The van der Waals surface area contributed by atoms with Gasteiger partial charge in [-0.05, 0) is 37.8 Å². The Morgan fingerprint density at radius 3 is 0.920 bits per heavy atom. The fourth-order valence-electron chi connectivity index (χ4n) is 8.99. The molecule has 6 amide bonds. The molecule has 0 radical (unpaired) electrons. The average molecular weight is 1440 g/mol. The van der Waals surface area contributed by atoms with Crippen LogP contribution in [0.15, 0.2) is 24.3 Å². The van der Waals surface area contributed by atoms with Gasteiger partial charge >= 0.3 is 0 Å². The van der Waals surface area contributed by atoms with Crippen molar-refractivity contribution in [3.63, 3.8) is 0 Å². The van der Waals surface area contributed by atoms with Crippen molar-refractivity contribution >= 4 is 58.6 Å². The number of Topliss-reactive ketones (excluding diaryl/α,β-unsaturated/α-hetero) is 4. The summed E-state index contributed by atoms with van der Waals surface area (Å²) >= 11 is 0. The minimum absolute atomic E-state index is 0. The SMILES string of the molecule is C.C.COCCCC(=O)CCOCC(COCCC(=O)CCCOC)(COCCC(=O)NCCOC)NC(=O)CCOCCN.COCCCC(=O)CCOCC(COCCC(=O)CCCOC)(COCCC(=O)NCCOC)NC(=O)CCOCCN1C(=O)c2ccccc2C1=O.NN. The van der Waals surface area contributed by atoms with E-state index in [4.69, 9.17) is 72.0 Å². The van der Waals surface area contributed by atoms with Crippen LogP contribution < -0.4 is 38.7 Å². The molecule has 2 rings (SSSR count). The molecule has 32 nitrogen and oxygen atoms in total. The molecule has 0 aromatic heterocycles. The van der Waals surface area contributed by atoms with Crippen LogP contribution in [0.25, 0.3) is 0 Å². The van der Waals surface area contributed by atoms with Crippen molar-refractivity contribution in [1.29, 1.82) is 0 Å². The minimum atomic E-state index is -1.25. The summed E-state index contributed by atoms with van der Waals surface area (Å²) in [5.74, 6) is 6.14. The monoisotopic (exact) mass is 1440 g/mol. The molecule has 0 saturated carbocycles. The van der Waals surface area contributed by atoms with Crippen LogP contribution in [0.2, 0.25) is 0 Å². The molecule has 1 aromatic carbocycles. The van der Waals surface area contributed by atoms with Crippen LogP contribution in [0.4, 0.5) is 0 Å². The molecule has 0 atom stereocenters. The van der Waals surface area contributed by atoms with Gasteiger partial charge in [0.05, 0.1) is 137 Å². The summed E-state index contributed by atoms with van der Waals surface area (Å²) in [7, 11) is 9.39. The van der Waals surface area contributed by atoms with Gasteiger partial charge in [0.15, 0.2) is 0 Å². The molecule has 0 bridgehead atoms.